The van der Waals surface area contributed by atoms with Gasteiger partial charge >= 0.3 is 17.4 Å². The molecule has 0 bridgehead atoms. The zero-order chi connectivity index (χ0) is 62.9. The van der Waals surface area contributed by atoms with E-state index in [2.05, 4.69) is 136 Å². The van der Waals surface area contributed by atoms with Crippen LogP contribution in [0.3, 0.4) is 0 Å². The lowest BCUT2D eigenvalue weighted by Crippen LogP contribution is -2.31. The monoisotopic (exact) mass is 1160 g/mol. The van der Waals surface area contributed by atoms with Crippen molar-refractivity contribution in [1.29, 1.82) is 0 Å². The molecule has 0 unspecified atom stereocenters. The molecule has 4 aliphatic rings. The average molecular weight is 1160 g/mol. The zero-order valence-electron chi connectivity index (χ0n) is 52.9. The Labute approximate surface area is 506 Å². The van der Waals surface area contributed by atoms with Gasteiger partial charge in [-0.25, -0.2) is 71.4 Å². The molecular formula is C67H52N18OS+4. The van der Waals surface area contributed by atoms with E-state index in [1.54, 1.807) is 52.7 Å². The van der Waals surface area contributed by atoms with Crippen LogP contribution in [0.15, 0.2) is 181 Å². The summed E-state index contributed by atoms with van der Waals surface area (Å²) in [6.07, 6.45) is 14.3. The number of pyridine rings is 8. The summed E-state index contributed by atoms with van der Waals surface area (Å²) in [7, 11) is 6.25. The van der Waals surface area contributed by atoms with E-state index < -0.39 is 14.0 Å². The van der Waals surface area contributed by atoms with Gasteiger partial charge in [-0.05, 0) is 84.9 Å². The molecular weight excluding hydrogens is 1100 g/mol. The molecule has 20 heteroatoms. The summed E-state index contributed by atoms with van der Waals surface area (Å²) >= 11 is 1.80. The molecule has 0 aliphatic carbocycles. The van der Waals surface area contributed by atoms with Crippen molar-refractivity contribution in [3.63, 3.8) is 0 Å². The van der Waals surface area contributed by atoms with Crippen LogP contribution in [-0.4, -0.2) is 67.3 Å². The van der Waals surface area contributed by atoms with Gasteiger partial charge < -0.3 is 4.42 Å². The van der Waals surface area contributed by atoms with Crippen LogP contribution in [0.4, 0.5) is 0 Å². The molecule has 87 heavy (non-hydrogen) atoms. The number of rotatable bonds is 1. The smallest absolute Gasteiger partial charge is 0.340 e. The summed E-state index contributed by atoms with van der Waals surface area (Å²) in [5.74, 6) is 3.79. The molecule has 0 N–H and O–H groups in total. The summed E-state index contributed by atoms with van der Waals surface area (Å²) in [6, 6.07) is 42.0. The Balaban J connectivity index is 0.0000000920. The quantitative estimate of drug-likeness (QED) is 0.146. The third kappa shape index (κ3) is 6.85. The molecule has 17 aromatic rings. The largest absolute Gasteiger partial charge is 0.417 e. The second-order valence-corrected chi connectivity index (χ2v) is 23.0. The molecule has 16 aromatic heterocycles. The van der Waals surface area contributed by atoms with Crippen LogP contribution in [0.25, 0.3) is 139 Å². The average Bonchev–Trinajstić information content (AvgIpc) is 1.57. The van der Waals surface area contributed by atoms with Crippen molar-refractivity contribution in [3.8, 4) is 51.8 Å². The molecule has 4 aliphatic heterocycles. The highest BCUT2D eigenvalue weighted by molar-refractivity contribution is 7.25. The van der Waals surface area contributed by atoms with Crippen LogP contribution in [0.1, 0.15) is 30.5 Å². The van der Waals surface area contributed by atoms with Gasteiger partial charge in [-0.2, -0.15) is 4.57 Å². The van der Waals surface area contributed by atoms with Crippen LogP contribution in [0.2, 0.25) is 0 Å². The first-order valence-corrected chi connectivity index (χ1v) is 29.2. The highest BCUT2D eigenvalue weighted by atomic mass is 32.1. The van der Waals surface area contributed by atoms with E-state index in [0.29, 0.717) is 34.6 Å². The summed E-state index contributed by atoms with van der Waals surface area (Å²) in [4.78, 5) is 37.5. The van der Waals surface area contributed by atoms with Crippen LogP contribution >= 0.6 is 11.3 Å². The van der Waals surface area contributed by atoms with Crippen molar-refractivity contribution in [2.75, 3.05) is 0 Å². The fraction of sp³-hybridized carbons (Fsp3) is 0.134. The minimum absolute atomic E-state index is 0.106. The number of aryl methyl sites for hydroxylation is 5. The SMILES string of the molecule is C[n+]1c2n(c3c4ncccc4n(-c4ccccc4)c31)Cc1cccnc1-2.C[n+]1c2n(c3c4ncccc4oc31)Cc1cccnc1-2.C[n+]1c2n(c3c4ncccc4sc31)Cc1cccnc1-2.[2H]C([2H])([2H])n1c2cccnc2c2c1[n+](C([2H])([2H])[2H])c1n2Cc2cccnc2-1. The van der Waals surface area contributed by atoms with E-state index >= 15 is 0 Å². The van der Waals surface area contributed by atoms with Crippen molar-refractivity contribution >= 4 is 98.6 Å². The predicted octanol–water partition coefficient (Wildman–Crippen LogP) is 9.53. The summed E-state index contributed by atoms with van der Waals surface area (Å²) in [5.41, 5.74) is 21.4. The van der Waals surface area contributed by atoms with E-state index in [4.69, 9.17) is 17.6 Å². The van der Waals surface area contributed by atoms with Crippen molar-refractivity contribution in [1.82, 2.24) is 67.3 Å². The van der Waals surface area contributed by atoms with Crippen LogP contribution in [0, 0.1) is 0 Å². The van der Waals surface area contributed by atoms with Crippen molar-refractivity contribution in [2.45, 2.75) is 26.2 Å². The molecule has 0 radical (unpaired) electrons. The minimum atomic E-state index is -2.59. The third-order valence-electron chi connectivity index (χ3n) is 17.3. The Kier molecular flexibility index (Phi) is 9.22. The third-order valence-corrected chi connectivity index (χ3v) is 18.5. The van der Waals surface area contributed by atoms with Crippen molar-refractivity contribution in [3.05, 3.63) is 199 Å². The fourth-order valence-corrected chi connectivity index (χ4v) is 14.8. The van der Waals surface area contributed by atoms with Gasteiger partial charge in [0.2, 0.25) is 26.9 Å². The number of para-hydroxylation sites is 1. The summed E-state index contributed by atoms with van der Waals surface area (Å²) in [6.45, 7) is -2.20. The van der Waals surface area contributed by atoms with Crippen LogP contribution in [0.5, 0.6) is 0 Å². The molecule has 0 atom stereocenters. The lowest BCUT2D eigenvalue weighted by atomic mass is 10.2. The Bertz CT molecular complexity index is 5840. The van der Waals surface area contributed by atoms with Gasteiger partial charge in [0.25, 0.3) is 22.9 Å². The van der Waals surface area contributed by atoms with Gasteiger partial charge in [0.15, 0.2) is 22.5 Å². The van der Waals surface area contributed by atoms with Gasteiger partial charge in [-0.1, -0.05) is 53.8 Å². The van der Waals surface area contributed by atoms with Gasteiger partial charge in [0.1, 0.15) is 57.7 Å². The standard InChI is InChI=1S/C21H16N5.C16H14N5.C15H11N4O.C15H11N4S/c1-24-20-17-14(7-5-11-22-17)13-25(20)19-18-16(10-6-12-23-18)26(21(19)24)15-8-3-2-4-9-15;1-19-11-6-4-8-18-13(11)14-16(19)20(2)15-12-10(9-21(14)15)5-3-7-17-12;2*1-18-14-11-9(4-2-6-16-11)8-19(14)13-12-10(20-15(13)18)5-3-7-17-12/h2-12H,13H2,1H3;3-8H,9H2,1-2H3;2*2-7H,8H2,1H3/q4*+1/i;1D3,2D3;;. The molecule has 0 spiro atoms. The molecule has 1 aromatic carbocycles. The lowest BCUT2D eigenvalue weighted by Gasteiger charge is -2.03. The highest BCUT2D eigenvalue weighted by Crippen LogP contribution is 2.41. The maximum absolute atomic E-state index is 8.09. The predicted molar refractivity (Wildman–Crippen MR) is 331 cm³/mol. The first kappa shape index (κ1) is 43.5. The number of fused-ring (bicyclic) bond motifs is 28. The Hall–Kier alpha value is -11.1. The molecule has 0 saturated heterocycles. The number of aromatic nitrogens is 18. The Morgan fingerprint density at radius 2 is 0.897 bits per heavy atom. The van der Waals surface area contributed by atoms with E-state index in [9.17, 15) is 0 Å². The van der Waals surface area contributed by atoms with Gasteiger partial charge in [0.05, 0.1) is 61.1 Å². The minimum Gasteiger partial charge on any atom is -0.417 e. The maximum Gasteiger partial charge on any atom is 0.340 e. The molecule has 418 valence electrons. The molecule has 0 fully saturated rings. The first-order valence-electron chi connectivity index (χ1n) is 31.4. The topological polar surface area (TPSA) is 161 Å². The number of nitrogens with zero attached hydrogens (tertiary/aromatic N) is 18. The highest BCUT2D eigenvalue weighted by Gasteiger charge is 2.41. The molecule has 21 rings (SSSR count). The summed E-state index contributed by atoms with van der Waals surface area (Å²) in [5, 5.41) is 0. The molecule has 19 nitrogen and oxygen atoms in total. The Morgan fingerprint density at radius 3 is 1.51 bits per heavy atom. The Morgan fingerprint density at radius 1 is 0.425 bits per heavy atom. The number of furan rings is 1. The van der Waals surface area contributed by atoms with Gasteiger partial charge in [0, 0.05) is 71.8 Å². The van der Waals surface area contributed by atoms with Crippen molar-refractivity contribution < 1.29 is 30.9 Å². The number of thiophene rings is 1. The fourth-order valence-electron chi connectivity index (χ4n) is 13.7. The second kappa shape index (κ2) is 18.4. The van der Waals surface area contributed by atoms with Crippen LogP contribution in [-0.2, 0) is 61.3 Å². The van der Waals surface area contributed by atoms with Crippen molar-refractivity contribution in [2.24, 2.45) is 35.1 Å². The number of imidazole rings is 4. The second-order valence-electron chi connectivity index (χ2n) is 22.0. The maximum atomic E-state index is 8.09. The van der Waals surface area contributed by atoms with E-state index in [-0.39, 0.29) is 5.65 Å². The summed E-state index contributed by atoms with van der Waals surface area (Å²) < 4.78 is 75.3. The molecule has 20 heterocycles. The van der Waals surface area contributed by atoms with Gasteiger partial charge in [-0.3, -0.25) is 9.55 Å². The van der Waals surface area contributed by atoms with E-state index in [1.165, 1.54) is 43.1 Å². The van der Waals surface area contributed by atoms with Gasteiger partial charge in [-0.15, -0.1) is 0 Å². The zero-order valence-corrected chi connectivity index (χ0v) is 47.8. The number of hydrogen-bond donors (Lipinski definition) is 0. The normalized spacial score (nSPS) is 14.2. The molecule has 0 saturated carbocycles. The number of benzene rings is 1. The number of hydrogen-bond acceptors (Lipinski definition) is 10. The van der Waals surface area contributed by atoms with Crippen LogP contribution < -0.4 is 18.3 Å². The van der Waals surface area contributed by atoms with E-state index in [0.717, 1.165) is 113 Å². The molecule has 0 amide bonds. The lowest BCUT2D eigenvalue weighted by molar-refractivity contribution is -0.640. The van der Waals surface area contributed by atoms with E-state index in [1.807, 2.05) is 92.6 Å². The first-order chi connectivity index (χ1) is 45.2.